The molecule has 0 N–H and O–H groups in total. The minimum absolute atomic E-state index is 0.303. The van der Waals surface area contributed by atoms with Crippen LogP contribution < -0.4 is 0 Å². The first-order valence-electron chi connectivity index (χ1n) is 3.92. The van der Waals surface area contributed by atoms with Crippen LogP contribution in [0.2, 0.25) is 0 Å². The molecule has 0 aliphatic heterocycles. The van der Waals surface area contributed by atoms with E-state index in [1.807, 2.05) is 0 Å². The summed E-state index contributed by atoms with van der Waals surface area (Å²) in [6.45, 7) is 2.74. The summed E-state index contributed by atoms with van der Waals surface area (Å²) in [5, 5.41) is 8.28. The van der Waals surface area contributed by atoms with Gasteiger partial charge in [0.15, 0.2) is 5.75 Å². The summed E-state index contributed by atoms with van der Waals surface area (Å²) in [6.07, 6.45) is 0. The minimum Gasteiger partial charge on any atom is -0.383 e. The Morgan fingerprint density at radius 2 is 2.15 bits per heavy atom. The average Bonchev–Trinajstić information content (AvgIpc) is 2.05. The zero-order valence-electron chi connectivity index (χ0n) is 7.86. The third-order valence-electron chi connectivity index (χ3n) is 1.54. The predicted octanol–water partition coefficient (Wildman–Crippen LogP) is -0.192. The highest BCUT2D eigenvalue weighted by Gasteiger charge is 2.18. The molecule has 0 amide bonds. The number of methoxy groups -OCH3 is 1. The van der Waals surface area contributed by atoms with Crippen molar-refractivity contribution in [2.75, 3.05) is 32.6 Å². The predicted molar refractivity (Wildman–Crippen MR) is 48.5 cm³/mol. The molecular weight excluding hydrogens is 192 g/mol. The van der Waals surface area contributed by atoms with Crippen molar-refractivity contribution >= 4 is 10.0 Å². The molecule has 0 aliphatic rings. The van der Waals surface area contributed by atoms with Gasteiger partial charge in [-0.3, -0.25) is 0 Å². The van der Waals surface area contributed by atoms with E-state index in [-0.39, 0.29) is 0 Å². The number of nitrogens with zero attached hydrogens (tertiary/aromatic N) is 2. The first kappa shape index (κ1) is 12.4. The summed E-state index contributed by atoms with van der Waals surface area (Å²) >= 11 is 0. The van der Waals surface area contributed by atoms with Crippen molar-refractivity contribution in [1.29, 1.82) is 5.26 Å². The number of ether oxygens (including phenoxy) is 1. The molecule has 0 aromatic rings. The van der Waals surface area contributed by atoms with E-state index in [0.29, 0.717) is 19.7 Å². The van der Waals surface area contributed by atoms with E-state index in [1.165, 1.54) is 11.4 Å². The SMILES string of the molecule is CCN(CCOC)S(=O)(=O)CC#N. The molecule has 76 valence electrons. The lowest BCUT2D eigenvalue weighted by atomic mass is 10.6. The maximum atomic E-state index is 11.3. The number of nitriles is 1. The second kappa shape index (κ2) is 5.91. The Morgan fingerprint density at radius 3 is 2.54 bits per heavy atom. The minimum atomic E-state index is -3.40. The number of hydrogen-bond acceptors (Lipinski definition) is 4. The summed E-state index contributed by atoms with van der Waals surface area (Å²) in [5.74, 6) is -0.468. The topological polar surface area (TPSA) is 70.4 Å². The fraction of sp³-hybridized carbons (Fsp3) is 0.857. The van der Waals surface area contributed by atoms with Gasteiger partial charge in [-0.05, 0) is 0 Å². The monoisotopic (exact) mass is 206 g/mol. The van der Waals surface area contributed by atoms with Gasteiger partial charge in [0.2, 0.25) is 10.0 Å². The summed E-state index contributed by atoms with van der Waals surface area (Å²) < 4.78 is 28.6. The molecule has 0 rings (SSSR count). The van der Waals surface area contributed by atoms with Crippen LogP contribution in [0.5, 0.6) is 0 Å². The molecule has 0 unspecified atom stereocenters. The van der Waals surface area contributed by atoms with Crippen molar-refractivity contribution in [3.8, 4) is 6.07 Å². The number of likely N-dealkylation sites (N-methyl/N-ethyl adjacent to an activating group) is 1. The van der Waals surface area contributed by atoms with E-state index in [0.717, 1.165) is 0 Å². The normalized spacial score (nSPS) is 11.5. The molecule has 0 aliphatic carbocycles. The fourth-order valence-corrected chi connectivity index (χ4v) is 1.95. The van der Waals surface area contributed by atoms with Gasteiger partial charge < -0.3 is 4.74 Å². The fourth-order valence-electron chi connectivity index (χ4n) is 0.860. The standard InChI is InChI=1S/C7H14N2O3S/c1-3-9(5-6-12-2)13(10,11)7-4-8/h3,5-7H2,1-2H3. The number of sulfonamides is 1. The Kier molecular flexibility index (Phi) is 5.62. The highest BCUT2D eigenvalue weighted by Crippen LogP contribution is 1.99. The molecule has 0 aromatic heterocycles. The van der Waals surface area contributed by atoms with Gasteiger partial charge in [0, 0.05) is 20.2 Å². The van der Waals surface area contributed by atoms with Gasteiger partial charge in [0.25, 0.3) is 0 Å². The summed E-state index contributed by atoms with van der Waals surface area (Å²) in [5.41, 5.74) is 0. The van der Waals surface area contributed by atoms with Gasteiger partial charge in [-0.25, -0.2) is 8.42 Å². The summed E-state index contributed by atoms with van der Waals surface area (Å²) in [6, 6.07) is 1.63. The number of hydrogen-bond donors (Lipinski definition) is 0. The second-order valence-electron chi connectivity index (χ2n) is 2.40. The molecule has 5 nitrogen and oxygen atoms in total. The van der Waals surface area contributed by atoms with Crippen LogP contribution in [0.4, 0.5) is 0 Å². The van der Waals surface area contributed by atoms with Crippen LogP contribution in [0.25, 0.3) is 0 Å². The number of rotatable bonds is 6. The lowest BCUT2D eigenvalue weighted by Crippen LogP contribution is -2.35. The van der Waals surface area contributed by atoms with E-state index < -0.39 is 15.8 Å². The maximum Gasteiger partial charge on any atom is 0.227 e. The van der Waals surface area contributed by atoms with Crippen LogP contribution in [0, 0.1) is 11.3 Å². The smallest absolute Gasteiger partial charge is 0.227 e. The Hall–Kier alpha value is -0.640. The molecule has 0 heterocycles. The zero-order valence-corrected chi connectivity index (χ0v) is 8.67. The Balaban J connectivity index is 4.31. The molecule has 6 heteroatoms. The quantitative estimate of drug-likeness (QED) is 0.604. The summed E-state index contributed by atoms with van der Waals surface area (Å²) in [7, 11) is -1.90. The molecular formula is C7H14N2O3S. The van der Waals surface area contributed by atoms with Gasteiger partial charge in [-0.2, -0.15) is 9.57 Å². The van der Waals surface area contributed by atoms with Crippen LogP contribution in [-0.4, -0.2) is 45.3 Å². The molecule has 0 saturated carbocycles. The largest absolute Gasteiger partial charge is 0.383 e. The molecule has 0 radical (unpaired) electrons. The first-order valence-corrected chi connectivity index (χ1v) is 5.53. The van der Waals surface area contributed by atoms with Crippen LogP contribution in [0.15, 0.2) is 0 Å². The van der Waals surface area contributed by atoms with Crippen molar-refractivity contribution < 1.29 is 13.2 Å². The average molecular weight is 206 g/mol. The van der Waals surface area contributed by atoms with Gasteiger partial charge in [0.1, 0.15) is 0 Å². The van der Waals surface area contributed by atoms with Crippen LogP contribution >= 0.6 is 0 Å². The van der Waals surface area contributed by atoms with Gasteiger partial charge in [-0.1, -0.05) is 6.92 Å². The lowest BCUT2D eigenvalue weighted by Gasteiger charge is -2.17. The zero-order chi connectivity index (χ0) is 10.3. The van der Waals surface area contributed by atoms with Crippen LogP contribution in [0.1, 0.15) is 6.92 Å². The molecule has 0 aromatic carbocycles. The first-order chi connectivity index (χ1) is 6.08. The van der Waals surface area contributed by atoms with Crippen molar-refractivity contribution in [3.63, 3.8) is 0 Å². The lowest BCUT2D eigenvalue weighted by molar-refractivity contribution is 0.180. The van der Waals surface area contributed by atoms with Crippen molar-refractivity contribution in [1.82, 2.24) is 4.31 Å². The van der Waals surface area contributed by atoms with Crippen LogP contribution in [-0.2, 0) is 14.8 Å². The molecule has 13 heavy (non-hydrogen) atoms. The molecule has 0 spiro atoms. The van der Waals surface area contributed by atoms with E-state index in [1.54, 1.807) is 13.0 Å². The molecule has 0 bridgehead atoms. The third kappa shape index (κ3) is 4.22. The van der Waals surface area contributed by atoms with Crippen LogP contribution in [0.3, 0.4) is 0 Å². The van der Waals surface area contributed by atoms with Crippen molar-refractivity contribution in [2.45, 2.75) is 6.92 Å². The van der Waals surface area contributed by atoms with Crippen molar-refractivity contribution in [3.05, 3.63) is 0 Å². The molecule has 0 fully saturated rings. The summed E-state index contributed by atoms with van der Waals surface area (Å²) in [4.78, 5) is 0. The highest BCUT2D eigenvalue weighted by molar-refractivity contribution is 7.89. The van der Waals surface area contributed by atoms with E-state index in [4.69, 9.17) is 10.00 Å². The van der Waals surface area contributed by atoms with Crippen molar-refractivity contribution in [2.24, 2.45) is 0 Å². The Bertz CT molecular complexity index is 268. The van der Waals surface area contributed by atoms with E-state index in [2.05, 4.69) is 0 Å². The van der Waals surface area contributed by atoms with E-state index >= 15 is 0 Å². The van der Waals surface area contributed by atoms with Gasteiger partial charge in [-0.15, -0.1) is 0 Å². The highest BCUT2D eigenvalue weighted by atomic mass is 32.2. The molecule has 0 atom stereocenters. The second-order valence-corrected chi connectivity index (χ2v) is 4.37. The van der Waals surface area contributed by atoms with E-state index in [9.17, 15) is 8.42 Å². The third-order valence-corrected chi connectivity index (χ3v) is 3.26. The van der Waals surface area contributed by atoms with Gasteiger partial charge >= 0.3 is 0 Å². The van der Waals surface area contributed by atoms with Gasteiger partial charge in [0.05, 0.1) is 12.7 Å². The molecule has 0 saturated heterocycles. The Morgan fingerprint density at radius 1 is 1.54 bits per heavy atom. The Labute approximate surface area is 79.0 Å². The maximum absolute atomic E-state index is 11.3.